The van der Waals surface area contributed by atoms with E-state index in [-0.39, 0.29) is 16.9 Å². The summed E-state index contributed by atoms with van der Waals surface area (Å²) >= 11 is 0. The van der Waals surface area contributed by atoms with Crippen LogP contribution < -0.4 is 5.32 Å². The lowest BCUT2D eigenvalue weighted by Crippen LogP contribution is -2.33. The molecule has 0 aliphatic rings. The summed E-state index contributed by atoms with van der Waals surface area (Å²) in [6.45, 7) is 10.4. The third kappa shape index (κ3) is 5.83. The number of benzene rings is 1. The zero-order chi connectivity index (χ0) is 12.8. The minimum atomic E-state index is 0. The average Bonchev–Trinajstić information content (AvgIpc) is 2.31. The van der Waals surface area contributed by atoms with Crippen molar-refractivity contribution in [2.45, 2.75) is 27.7 Å². The normalized spacial score (nSPS) is 9.53. The number of nitrogens with zero attached hydrogens (tertiary/aromatic N) is 1. The number of anilines is 1. The summed E-state index contributed by atoms with van der Waals surface area (Å²) < 4.78 is 0. The second-order valence-corrected chi connectivity index (χ2v) is 4.28. The first-order chi connectivity index (χ1) is 8.08. The lowest BCUT2D eigenvalue weighted by molar-refractivity contribution is -0.117. The Morgan fingerprint density at radius 2 is 1.58 bits per heavy atom. The van der Waals surface area contributed by atoms with Gasteiger partial charge in [0.25, 0.3) is 0 Å². The largest absolute Gasteiger partial charge is 0.412 e. The first-order valence-electron chi connectivity index (χ1n) is 6.16. The lowest BCUT2D eigenvalue weighted by atomic mass is 10.1. The van der Waals surface area contributed by atoms with Gasteiger partial charge in [0.05, 0.1) is 6.54 Å². The predicted octanol–water partition coefficient (Wildman–Crippen LogP) is 0.934. The van der Waals surface area contributed by atoms with E-state index in [2.05, 4.69) is 24.1 Å². The minimum Gasteiger partial charge on any atom is -0.412 e. The molecule has 0 aliphatic carbocycles. The Morgan fingerprint density at radius 1 is 1.11 bits per heavy atom. The molecule has 0 radical (unpaired) electrons. The Balaban J connectivity index is 0. The van der Waals surface area contributed by atoms with Gasteiger partial charge in [0.2, 0.25) is 5.91 Å². The van der Waals surface area contributed by atoms with Crippen molar-refractivity contribution in [2.24, 2.45) is 0 Å². The molecule has 1 rings (SSSR count). The number of nitrogens with one attached hydrogen (secondary N) is 1. The van der Waals surface area contributed by atoms with Crippen molar-refractivity contribution in [1.82, 2.24) is 4.90 Å². The van der Waals surface area contributed by atoms with Crippen LogP contribution in [0.15, 0.2) is 18.2 Å². The van der Waals surface area contributed by atoms with E-state index in [4.69, 9.17) is 0 Å². The van der Waals surface area contributed by atoms with Gasteiger partial charge in [-0.2, -0.15) is 0 Å². The molecule has 19 heavy (non-hydrogen) atoms. The molecule has 0 spiro atoms. The molecule has 0 atom stereocenters. The van der Waals surface area contributed by atoms with Gasteiger partial charge in [-0.15, -0.1) is 0 Å². The highest BCUT2D eigenvalue weighted by Crippen LogP contribution is 2.19. The van der Waals surface area contributed by atoms with Crippen LogP contribution in [0.25, 0.3) is 0 Å². The average molecular weight is 270 g/mol. The maximum absolute atomic E-state index is 11.9. The number of hydrogen-bond acceptors (Lipinski definition) is 2. The van der Waals surface area contributed by atoms with Crippen LogP contribution in [-0.2, 0) is 4.79 Å². The zero-order valence-electron chi connectivity index (χ0n) is 12.2. The van der Waals surface area contributed by atoms with Crippen LogP contribution in [-0.4, -0.2) is 41.4 Å². The van der Waals surface area contributed by atoms with Crippen molar-refractivity contribution in [1.29, 1.82) is 0 Å². The number of amides is 1. The SMILES string of the molecule is CCN(CC)CC(=O)Nc1c(C)cccc1C.O.O. The van der Waals surface area contributed by atoms with E-state index >= 15 is 0 Å². The first-order valence-corrected chi connectivity index (χ1v) is 6.16. The van der Waals surface area contributed by atoms with Gasteiger partial charge in [0.15, 0.2) is 0 Å². The summed E-state index contributed by atoms with van der Waals surface area (Å²) in [5.41, 5.74) is 3.17. The van der Waals surface area contributed by atoms with Crippen LogP contribution in [0.4, 0.5) is 5.69 Å². The van der Waals surface area contributed by atoms with Gasteiger partial charge in [0, 0.05) is 5.69 Å². The summed E-state index contributed by atoms with van der Waals surface area (Å²) in [6, 6.07) is 6.03. The number of carbonyl (C=O) groups is 1. The van der Waals surface area contributed by atoms with Crippen molar-refractivity contribution in [3.05, 3.63) is 29.3 Å². The number of hydrogen-bond donors (Lipinski definition) is 1. The highest BCUT2D eigenvalue weighted by molar-refractivity contribution is 5.93. The van der Waals surface area contributed by atoms with Gasteiger partial charge in [-0.25, -0.2) is 0 Å². The highest BCUT2D eigenvalue weighted by atomic mass is 16.2. The van der Waals surface area contributed by atoms with Gasteiger partial charge in [-0.1, -0.05) is 32.0 Å². The third-order valence-electron chi connectivity index (χ3n) is 3.01. The fraction of sp³-hybridized carbons (Fsp3) is 0.500. The Bertz CT molecular complexity index is 370. The van der Waals surface area contributed by atoms with Crippen molar-refractivity contribution < 1.29 is 15.7 Å². The van der Waals surface area contributed by atoms with Gasteiger partial charge in [-0.3, -0.25) is 9.69 Å². The van der Waals surface area contributed by atoms with Gasteiger partial charge >= 0.3 is 0 Å². The number of aryl methyl sites for hydroxylation is 2. The summed E-state index contributed by atoms with van der Waals surface area (Å²) in [6.07, 6.45) is 0. The Hall–Kier alpha value is -1.43. The van der Waals surface area contributed by atoms with Crippen LogP contribution in [0.5, 0.6) is 0 Å². The molecular weight excluding hydrogens is 244 g/mol. The fourth-order valence-corrected chi connectivity index (χ4v) is 1.84. The van der Waals surface area contributed by atoms with Crippen molar-refractivity contribution in [3.63, 3.8) is 0 Å². The van der Waals surface area contributed by atoms with Gasteiger partial charge in [0.1, 0.15) is 0 Å². The molecule has 1 amide bonds. The molecule has 1 aromatic rings. The molecule has 0 aliphatic heterocycles. The lowest BCUT2D eigenvalue weighted by Gasteiger charge is -2.18. The molecule has 0 heterocycles. The summed E-state index contributed by atoms with van der Waals surface area (Å²) in [5, 5.41) is 3.00. The molecule has 1 aromatic carbocycles. The topological polar surface area (TPSA) is 95.3 Å². The van der Waals surface area contributed by atoms with E-state index in [1.54, 1.807) is 0 Å². The third-order valence-corrected chi connectivity index (χ3v) is 3.01. The van der Waals surface area contributed by atoms with Crippen molar-refractivity contribution >= 4 is 11.6 Å². The second kappa shape index (κ2) is 9.49. The van der Waals surface area contributed by atoms with Crippen molar-refractivity contribution in [2.75, 3.05) is 25.0 Å². The molecule has 0 saturated carbocycles. The molecule has 110 valence electrons. The Morgan fingerprint density at radius 3 is 2.00 bits per heavy atom. The molecule has 5 nitrogen and oxygen atoms in total. The smallest absolute Gasteiger partial charge is 0.238 e. The van der Waals surface area contributed by atoms with Crippen molar-refractivity contribution in [3.8, 4) is 0 Å². The number of rotatable bonds is 5. The van der Waals surface area contributed by atoms with Crippen LogP contribution in [0, 0.1) is 13.8 Å². The van der Waals surface area contributed by atoms with Gasteiger partial charge in [-0.05, 0) is 38.1 Å². The maximum Gasteiger partial charge on any atom is 0.238 e. The van der Waals surface area contributed by atoms with Crippen LogP contribution >= 0.6 is 0 Å². The highest BCUT2D eigenvalue weighted by Gasteiger charge is 2.09. The first kappa shape index (κ1) is 19.9. The number of para-hydroxylation sites is 1. The van der Waals surface area contributed by atoms with E-state index in [1.165, 1.54) is 0 Å². The van der Waals surface area contributed by atoms with Crippen LogP contribution in [0.2, 0.25) is 0 Å². The fourth-order valence-electron chi connectivity index (χ4n) is 1.84. The van der Waals surface area contributed by atoms with E-state index in [9.17, 15) is 4.79 Å². The molecule has 5 N–H and O–H groups in total. The minimum absolute atomic E-state index is 0. The van der Waals surface area contributed by atoms with Crippen LogP contribution in [0.1, 0.15) is 25.0 Å². The quantitative estimate of drug-likeness (QED) is 0.861. The Kier molecular flexibility index (Phi) is 9.94. The molecule has 0 aromatic heterocycles. The van der Waals surface area contributed by atoms with E-state index in [0.717, 1.165) is 29.9 Å². The number of carbonyl (C=O) groups excluding carboxylic acids is 1. The Labute approximate surface area is 115 Å². The molecule has 0 saturated heterocycles. The number of likely N-dealkylation sites (N-methyl/N-ethyl adjacent to an activating group) is 1. The van der Waals surface area contributed by atoms with E-state index < -0.39 is 0 Å². The second-order valence-electron chi connectivity index (χ2n) is 4.28. The molecule has 5 heteroatoms. The monoisotopic (exact) mass is 270 g/mol. The van der Waals surface area contributed by atoms with Crippen LogP contribution in [0.3, 0.4) is 0 Å². The maximum atomic E-state index is 11.9. The van der Waals surface area contributed by atoms with Gasteiger partial charge < -0.3 is 16.3 Å². The molecule has 0 bridgehead atoms. The molecule has 0 unspecified atom stereocenters. The molecule has 0 fully saturated rings. The summed E-state index contributed by atoms with van der Waals surface area (Å²) in [7, 11) is 0. The molecular formula is C14H26N2O3. The van der Waals surface area contributed by atoms with E-state index in [1.807, 2.05) is 32.0 Å². The summed E-state index contributed by atoms with van der Waals surface area (Å²) in [4.78, 5) is 14.0. The van der Waals surface area contributed by atoms with E-state index in [0.29, 0.717) is 6.54 Å². The predicted molar refractivity (Wildman–Crippen MR) is 79.6 cm³/mol. The zero-order valence-corrected chi connectivity index (χ0v) is 12.2. The summed E-state index contributed by atoms with van der Waals surface area (Å²) in [5.74, 6) is 0.0612. The standard InChI is InChI=1S/C14H22N2O.2H2O/c1-5-16(6-2)10-13(17)15-14-11(3)8-7-9-12(14)4;;/h7-9H,5-6,10H2,1-4H3,(H,15,17);2*1H2.